The molecule has 0 bridgehead atoms. The Morgan fingerprint density at radius 1 is 1.17 bits per heavy atom. The second kappa shape index (κ2) is 7.23. The molecule has 2 N–H and O–H groups in total. The summed E-state index contributed by atoms with van der Waals surface area (Å²) in [6.07, 6.45) is 0. The van der Waals surface area contributed by atoms with Gasteiger partial charge in [0.05, 0.1) is 0 Å². The maximum atomic E-state index is 6.00. The quantitative estimate of drug-likeness (QED) is 0.838. The number of nitrogens with two attached hydrogens (primary N) is 1. The number of nitrogens with zero attached hydrogens (tertiary/aromatic N) is 2. The summed E-state index contributed by atoms with van der Waals surface area (Å²) < 4.78 is 6.33. The van der Waals surface area contributed by atoms with Crippen LogP contribution in [0.25, 0.3) is 0 Å². The van der Waals surface area contributed by atoms with E-state index in [1.165, 1.54) is 5.56 Å². The van der Waals surface area contributed by atoms with Gasteiger partial charge in [-0.2, -0.15) is 0 Å². The molecule has 1 atom stereocenters. The van der Waals surface area contributed by atoms with Crippen molar-refractivity contribution in [3.05, 3.63) is 63.6 Å². The molecule has 0 fully saturated rings. The van der Waals surface area contributed by atoms with Gasteiger partial charge < -0.3 is 15.4 Å². The van der Waals surface area contributed by atoms with Crippen molar-refractivity contribution in [3.63, 3.8) is 0 Å². The number of aliphatic imine (C=N–C) groups is 1. The van der Waals surface area contributed by atoms with Crippen LogP contribution in [-0.2, 0) is 11.3 Å². The van der Waals surface area contributed by atoms with Crippen molar-refractivity contribution in [1.82, 2.24) is 0 Å². The lowest BCUT2D eigenvalue weighted by molar-refractivity contribution is 0.313. The zero-order valence-electron chi connectivity index (χ0n) is 12.5. The van der Waals surface area contributed by atoms with E-state index < -0.39 is 0 Å². The minimum atomic E-state index is 0.0427. The normalized spacial score (nSPS) is 16.8. The molecule has 2 aromatic rings. The van der Waals surface area contributed by atoms with E-state index in [1.807, 2.05) is 36.4 Å². The van der Waals surface area contributed by atoms with Crippen LogP contribution in [0.3, 0.4) is 0 Å². The van der Waals surface area contributed by atoms with Gasteiger partial charge in [-0.15, -0.1) is 0 Å². The Labute approximate surface area is 149 Å². The van der Waals surface area contributed by atoms with E-state index in [0.29, 0.717) is 6.61 Å². The first-order valence-corrected chi connectivity index (χ1v) is 8.48. The van der Waals surface area contributed by atoms with Gasteiger partial charge in [0.2, 0.25) is 0 Å². The Morgan fingerprint density at radius 3 is 2.48 bits per heavy atom. The summed E-state index contributed by atoms with van der Waals surface area (Å²) in [5.74, 6) is 0. The van der Waals surface area contributed by atoms with E-state index in [0.717, 1.165) is 28.3 Å². The number of hydrogen-bond donors (Lipinski definition) is 1. The lowest BCUT2D eigenvalue weighted by Gasteiger charge is -2.26. The summed E-state index contributed by atoms with van der Waals surface area (Å²) in [5, 5.41) is 0.726. The summed E-state index contributed by atoms with van der Waals surface area (Å²) in [6.45, 7) is 2.04. The van der Waals surface area contributed by atoms with Crippen molar-refractivity contribution in [3.8, 4) is 0 Å². The summed E-state index contributed by atoms with van der Waals surface area (Å²) in [5.41, 5.74) is 7.93. The minimum absolute atomic E-state index is 0.0427. The fourth-order valence-corrected chi connectivity index (χ4v) is 2.90. The average molecular weight is 395 g/mol. The molecular formula is C17H17BrClN3O. The SMILES string of the molecule is NC1=N[C@@H](CN(Cc2ccc(Br)cc2)c2ccc(Cl)cc2)CO1. The molecule has 0 aliphatic carbocycles. The first-order valence-electron chi connectivity index (χ1n) is 7.31. The highest BCUT2D eigenvalue weighted by Gasteiger charge is 2.20. The number of rotatable bonds is 5. The molecular weight excluding hydrogens is 378 g/mol. The third-order valence-corrected chi connectivity index (χ3v) is 4.42. The molecule has 4 nitrogen and oxygen atoms in total. The molecule has 0 spiro atoms. The number of amidine groups is 1. The van der Waals surface area contributed by atoms with Crippen molar-refractivity contribution in [1.29, 1.82) is 0 Å². The van der Waals surface area contributed by atoms with Crippen molar-refractivity contribution in [2.24, 2.45) is 10.7 Å². The molecule has 23 heavy (non-hydrogen) atoms. The van der Waals surface area contributed by atoms with Gasteiger partial charge in [-0.25, -0.2) is 4.99 Å². The van der Waals surface area contributed by atoms with Crippen LogP contribution < -0.4 is 10.6 Å². The predicted molar refractivity (Wildman–Crippen MR) is 98.0 cm³/mol. The third-order valence-electron chi connectivity index (χ3n) is 3.64. The standard InChI is InChI=1S/C17H17BrClN3O/c18-13-3-1-12(2-4-13)9-22(10-15-11-23-17(20)21-15)16-7-5-14(19)6-8-16/h1-8,15H,9-11H2,(H2,20,21)/t15-/m0/s1. The number of ether oxygens (including phenoxy) is 1. The van der Waals surface area contributed by atoms with E-state index in [2.05, 4.69) is 38.0 Å². The second-order valence-electron chi connectivity index (χ2n) is 5.42. The van der Waals surface area contributed by atoms with Crippen molar-refractivity contribution >= 4 is 39.2 Å². The fraction of sp³-hybridized carbons (Fsp3) is 0.235. The van der Waals surface area contributed by atoms with Crippen molar-refractivity contribution in [2.75, 3.05) is 18.1 Å². The van der Waals surface area contributed by atoms with E-state index in [1.54, 1.807) is 0 Å². The molecule has 6 heteroatoms. The van der Waals surface area contributed by atoms with Crippen LogP contribution in [0.1, 0.15) is 5.56 Å². The molecule has 0 unspecified atom stereocenters. The van der Waals surface area contributed by atoms with E-state index in [-0.39, 0.29) is 12.1 Å². The van der Waals surface area contributed by atoms with E-state index in [9.17, 15) is 0 Å². The number of halogens is 2. The van der Waals surface area contributed by atoms with Crippen LogP contribution in [0.4, 0.5) is 5.69 Å². The molecule has 0 saturated carbocycles. The summed E-state index contributed by atoms with van der Waals surface area (Å²) in [6, 6.07) is 16.5. The first kappa shape index (κ1) is 16.1. The molecule has 0 radical (unpaired) electrons. The van der Waals surface area contributed by atoms with Gasteiger partial charge >= 0.3 is 0 Å². The summed E-state index contributed by atoms with van der Waals surface area (Å²) in [4.78, 5) is 6.58. The third kappa shape index (κ3) is 4.39. The highest BCUT2D eigenvalue weighted by atomic mass is 79.9. The number of hydrogen-bond acceptors (Lipinski definition) is 4. The van der Waals surface area contributed by atoms with Crippen LogP contribution >= 0.6 is 27.5 Å². The molecule has 1 aliphatic rings. The summed E-state index contributed by atoms with van der Waals surface area (Å²) in [7, 11) is 0. The first-order chi connectivity index (χ1) is 11.1. The fourth-order valence-electron chi connectivity index (χ4n) is 2.51. The molecule has 0 saturated heterocycles. The van der Waals surface area contributed by atoms with E-state index in [4.69, 9.17) is 22.1 Å². The van der Waals surface area contributed by atoms with Crippen molar-refractivity contribution < 1.29 is 4.74 Å². The van der Waals surface area contributed by atoms with Gasteiger partial charge in [0.15, 0.2) is 0 Å². The maximum Gasteiger partial charge on any atom is 0.282 e. The molecule has 1 aliphatic heterocycles. The van der Waals surface area contributed by atoms with E-state index >= 15 is 0 Å². The Balaban J connectivity index is 1.80. The summed E-state index contributed by atoms with van der Waals surface area (Å²) >= 11 is 9.47. The van der Waals surface area contributed by atoms with Gasteiger partial charge in [0.1, 0.15) is 12.6 Å². The van der Waals surface area contributed by atoms with Crippen LogP contribution in [0, 0.1) is 0 Å². The molecule has 1 heterocycles. The Hall–Kier alpha value is -1.72. The minimum Gasteiger partial charge on any atom is -0.463 e. The second-order valence-corrected chi connectivity index (χ2v) is 6.77. The smallest absolute Gasteiger partial charge is 0.282 e. The molecule has 0 aromatic heterocycles. The molecule has 2 aromatic carbocycles. The zero-order valence-corrected chi connectivity index (χ0v) is 14.8. The van der Waals surface area contributed by atoms with Crippen LogP contribution in [0.5, 0.6) is 0 Å². The Morgan fingerprint density at radius 2 is 1.87 bits per heavy atom. The highest BCUT2D eigenvalue weighted by Crippen LogP contribution is 2.22. The maximum absolute atomic E-state index is 6.00. The monoisotopic (exact) mass is 393 g/mol. The molecule has 3 rings (SSSR count). The Bertz CT molecular complexity index is 688. The molecule has 120 valence electrons. The van der Waals surface area contributed by atoms with Gasteiger partial charge in [-0.05, 0) is 42.0 Å². The van der Waals surface area contributed by atoms with Gasteiger partial charge in [0.25, 0.3) is 6.02 Å². The van der Waals surface area contributed by atoms with Crippen LogP contribution in [0.2, 0.25) is 5.02 Å². The topological polar surface area (TPSA) is 50.8 Å². The largest absolute Gasteiger partial charge is 0.463 e. The van der Waals surface area contributed by atoms with Crippen LogP contribution in [0.15, 0.2) is 58.0 Å². The Kier molecular flexibility index (Phi) is 5.08. The lowest BCUT2D eigenvalue weighted by Crippen LogP contribution is -2.32. The number of anilines is 1. The predicted octanol–water partition coefficient (Wildman–Crippen LogP) is 3.82. The zero-order chi connectivity index (χ0) is 16.2. The van der Waals surface area contributed by atoms with Gasteiger partial charge in [-0.1, -0.05) is 39.7 Å². The average Bonchev–Trinajstić information content (AvgIpc) is 2.95. The van der Waals surface area contributed by atoms with Gasteiger partial charge in [0, 0.05) is 28.3 Å². The molecule has 0 amide bonds. The lowest BCUT2D eigenvalue weighted by atomic mass is 10.1. The highest BCUT2D eigenvalue weighted by molar-refractivity contribution is 9.10. The number of benzene rings is 2. The van der Waals surface area contributed by atoms with Crippen molar-refractivity contribution in [2.45, 2.75) is 12.6 Å². The van der Waals surface area contributed by atoms with Gasteiger partial charge in [-0.3, -0.25) is 0 Å². The van der Waals surface area contributed by atoms with Crippen LogP contribution in [-0.4, -0.2) is 25.2 Å².